The molecule has 24 heavy (non-hydrogen) atoms. The van der Waals surface area contributed by atoms with E-state index in [2.05, 4.69) is 5.10 Å². The van der Waals surface area contributed by atoms with E-state index in [-0.39, 0.29) is 4.68 Å². The molecule has 0 aromatic carbocycles. The highest BCUT2D eigenvalue weighted by atomic mass is 19.4. The van der Waals surface area contributed by atoms with Gasteiger partial charge in [0, 0.05) is 18.5 Å². The van der Waals surface area contributed by atoms with Crippen LogP contribution >= 0.6 is 0 Å². The van der Waals surface area contributed by atoms with Crippen molar-refractivity contribution in [2.45, 2.75) is 56.4 Å². The Morgan fingerprint density at radius 2 is 1.75 bits per heavy atom. The number of alkyl halides is 9. The average molecular weight is 370 g/mol. The molecule has 1 aliphatic rings. The number of fused-ring (bicyclic) bond motifs is 1. The average Bonchev–Trinajstić information content (AvgIpc) is 2.74. The van der Waals surface area contributed by atoms with Crippen LogP contribution in [-0.2, 0) is 12.7 Å². The van der Waals surface area contributed by atoms with Crippen molar-refractivity contribution in [1.29, 1.82) is 0 Å². The number of hydrogen-bond donors (Lipinski definition) is 1. The molecule has 12 heteroatoms. The number of nitrogens with zero attached hydrogens (tertiary/aromatic N) is 2. The number of hydrogen-bond acceptors (Lipinski definition) is 2. The van der Waals surface area contributed by atoms with Gasteiger partial charge < -0.3 is 5.11 Å². The smallest absolute Gasteiger partial charge is 0.382 e. The molecule has 0 aliphatic heterocycles. The highest BCUT2D eigenvalue weighted by Gasteiger charge is 2.54. The molecule has 1 aliphatic carbocycles. The van der Waals surface area contributed by atoms with E-state index in [1.165, 1.54) is 0 Å². The Hall–Kier alpha value is -1.46. The minimum atomic E-state index is -5.27. The molecule has 138 valence electrons. The van der Waals surface area contributed by atoms with Gasteiger partial charge in [-0.2, -0.15) is 31.4 Å². The van der Waals surface area contributed by atoms with Crippen molar-refractivity contribution in [3.8, 4) is 0 Å². The summed E-state index contributed by atoms with van der Waals surface area (Å²) < 4.78 is 116. The van der Waals surface area contributed by atoms with Crippen LogP contribution in [0.4, 0.5) is 39.5 Å². The minimum absolute atomic E-state index is 0.285. The topological polar surface area (TPSA) is 38.1 Å². The zero-order valence-electron chi connectivity index (χ0n) is 11.7. The predicted octanol–water partition coefficient (Wildman–Crippen LogP) is 4.33. The van der Waals surface area contributed by atoms with Gasteiger partial charge in [0.1, 0.15) is 12.3 Å². The second-order valence-electron chi connectivity index (χ2n) is 5.42. The first-order valence-electron chi connectivity index (χ1n) is 6.68. The summed E-state index contributed by atoms with van der Waals surface area (Å²) in [5, 5.41) is 12.4. The van der Waals surface area contributed by atoms with Gasteiger partial charge in [0.15, 0.2) is 5.69 Å². The van der Waals surface area contributed by atoms with Crippen LogP contribution in [0.25, 0.3) is 0 Å². The van der Waals surface area contributed by atoms with E-state index in [9.17, 15) is 44.6 Å². The summed E-state index contributed by atoms with van der Waals surface area (Å²) in [4.78, 5) is 0. The molecule has 0 spiro atoms. The maximum Gasteiger partial charge on any atom is 0.435 e. The summed E-state index contributed by atoms with van der Waals surface area (Å²) in [6.45, 7) is -0.753. The van der Waals surface area contributed by atoms with Gasteiger partial charge >= 0.3 is 12.4 Å². The Morgan fingerprint density at radius 3 is 2.25 bits per heavy atom. The fraction of sp³-hybridized carbons (Fsp3) is 0.750. The fourth-order valence-corrected chi connectivity index (χ4v) is 2.56. The summed E-state index contributed by atoms with van der Waals surface area (Å²) in [5.41, 5.74) is -4.29. The van der Waals surface area contributed by atoms with Crippen LogP contribution < -0.4 is 0 Å². The van der Waals surface area contributed by atoms with Gasteiger partial charge in [0.2, 0.25) is 0 Å². The highest BCUT2D eigenvalue weighted by molar-refractivity contribution is 5.36. The highest BCUT2D eigenvalue weighted by Crippen LogP contribution is 2.51. The lowest BCUT2D eigenvalue weighted by Crippen LogP contribution is -2.34. The Balaban J connectivity index is 2.44. The minimum Gasteiger partial charge on any atom is -0.382 e. The first-order chi connectivity index (χ1) is 10.7. The van der Waals surface area contributed by atoms with Crippen LogP contribution in [0, 0.1) is 0 Å². The fourth-order valence-electron chi connectivity index (χ4n) is 2.56. The van der Waals surface area contributed by atoms with Gasteiger partial charge in [-0.1, -0.05) is 0 Å². The monoisotopic (exact) mass is 370 g/mol. The summed E-state index contributed by atoms with van der Waals surface area (Å²) >= 11 is 0. The van der Waals surface area contributed by atoms with Crippen molar-refractivity contribution >= 4 is 0 Å². The van der Waals surface area contributed by atoms with Crippen molar-refractivity contribution in [2.75, 3.05) is 0 Å². The summed E-state index contributed by atoms with van der Waals surface area (Å²) in [7, 11) is 0. The molecule has 3 nitrogen and oxygen atoms in total. The van der Waals surface area contributed by atoms with E-state index >= 15 is 0 Å². The van der Waals surface area contributed by atoms with Crippen molar-refractivity contribution in [2.24, 2.45) is 0 Å². The summed E-state index contributed by atoms with van der Waals surface area (Å²) in [6, 6.07) is 0. The SMILES string of the molecule is O[C@H]1c2c(C(F)(F)F)nn(CCCC(F)(F)F)c2[C@@H](F)CC1(F)F. The van der Waals surface area contributed by atoms with Gasteiger partial charge in [0.25, 0.3) is 5.92 Å². The lowest BCUT2D eigenvalue weighted by atomic mass is 9.88. The van der Waals surface area contributed by atoms with E-state index in [0.29, 0.717) is 0 Å². The molecular formula is C12H11F9N2O. The van der Waals surface area contributed by atoms with Gasteiger partial charge in [-0.15, -0.1) is 0 Å². The Bertz CT molecular complexity index is 605. The third-order valence-electron chi connectivity index (χ3n) is 3.55. The van der Waals surface area contributed by atoms with Gasteiger partial charge in [-0.25, -0.2) is 13.2 Å². The standard InChI is InChI=1S/C12H11F9N2O/c13-5-4-10(14,15)9(24)6-7(5)23(3-1-2-11(16,17)18)22-8(6)12(19,20)21/h5,9,24H,1-4H2/t5-,9-/m0/s1. The van der Waals surface area contributed by atoms with Crippen LogP contribution in [0.3, 0.4) is 0 Å². The number of aromatic nitrogens is 2. The van der Waals surface area contributed by atoms with E-state index in [0.717, 1.165) is 0 Å². The normalized spacial score (nSPS) is 24.1. The van der Waals surface area contributed by atoms with Crippen LogP contribution in [0.15, 0.2) is 0 Å². The number of aliphatic hydroxyl groups is 1. The van der Waals surface area contributed by atoms with E-state index in [1.54, 1.807) is 0 Å². The molecule has 1 aromatic rings. The van der Waals surface area contributed by atoms with E-state index in [4.69, 9.17) is 0 Å². The van der Waals surface area contributed by atoms with Crippen LogP contribution in [0.1, 0.15) is 48.5 Å². The first kappa shape index (κ1) is 18.9. The van der Waals surface area contributed by atoms with Gasteiger partial charge in [-0.05, 0) is 6.42 Å². The molecule has 2 atom stereocenters. The molecular weight excluding hydrogens is 359 g/mol. The lowest BCUT2D eigenvalue weighted by Gasteiger charge is -2.30. The quantitative estimate of drug-likeness (QED) is 0.805. The second kappa shape index (κ2) is 5.81. The van der Waals surface area contributed by atoms with Crippen molar-refractivity contribution in [3.63, 3.8) is 0 Å². The predicted molar refractivity (Wildman–Crippen MR) is 60.9 cm³/mol. The van der Waals surface area contributed by atoms with Crippen LogP contribution in [0.2, 0.25) is 0 Å². The maximum atomic E-state index is 13.9. The molecule has 1 N–H and O–H groups in total. The Morgan fingerprint density at radius 1 is 1.17 bits per heavy atom. The van der Waals surface area contributed by atoms with Crippen LogP contribution in [-0.4, -0.2) is 27.0 Å². The number of aryl methyl sites for hydroxylation is 1. The molecule has 0 saturated heterocycles. The molecule has 0 unspecified atom stereocenters. The lowest BCUT2D eigenvalue weighted by molar-refractivity contribution is -0.154. The second-order valence-corrected chi connectivity index (χ2v) is 5.42. The first-order valence-corrected chi connectivity index (χ1v) is 6.68. The van der Waals surface area contributed by atoms with Gasteiger partial charge in [-0.3, -0.25) is 4.68 Å². The molecule has 0 saturated carbocycles. The molecule has 0 bridgehead atoms. The Kier molecular flexibility index (Phi) is 4.57. The molecule has 0 fully saturated rings. The maximum absolute atomic E-state index is 13.9. The summed E-state index contributed by atoms with van der Waals surface area (Å²) in [6.07, 6.45) is -19.0. The van der Waals surface area contributed by atoms with Crippen molar-refractivity contribution in [3.05, 3.63) is 17.0 Å². The third-order valence-corrected chi connectivity index (χ3v) is 3.55. The molecule has 2 rings (SSSR count). The molecule has 1 heterocycles. The zero-order valence-corrected chi connectivity index (χ0v) is 11.7. The number of rotatable bonds is 3. The molecule has 0 radical (unpaired) electrons. The molecule has 0 amide bonds. The summed E-state index contributed by atoms with van der Waals surface area (Å²) in [5.74, 6) is -4.15. The van der Waals surface area contributed by atoms with Crippen molar-refractivity contribution < 1.29 is 44.6 Å². The van der Waals surface area contributed by atoms with E-state index < -0.39 is 73.3 Å². The Labute approximate surface area is 129 Å². The third kappa shape index (κ3) is 3.62. The van der Waals surface area contributed by atoms with E-state index in [1.807, 2.05) is 0 Å². The van der Waals surface area contributed by atoms with Crippen LogP contribution in [0.5, 0.6) is 0 Å². The molecule has 1 aromatic heterocycles. The van der Waals surface area contributed by atoms with Crippen molar-refractivity contribution in [1.82, 2.24) is 9.78 Å². The number of aliphatic hydroxyl groups excluding tert-OH is 1. The van der Waals surface area contributed by atoms with Gasteiger partial charge in [0.05, 0.1) is 12.1 Å². The number of halogens is 9. The zero-order chi connectivity index (χ0) is 18.5. The largest absolute Gasteiger partial charge is 0.435 e.